The Hall–Kier alpha value is -2.40. The number of aromatic nitrogens is 2. The second-order valence-electron chi connectivity index (χ2n) is 4.37. The molecule has 0 aliphatic carbocycles. The first-order valence-corrected chi connectivity index (χ1v) is 6.25. The van der Waals surface area contributed by atoms with Crippen LogP contribution < -0.4 is 4.74 Å². The Morgan fingerprint density at radius 3 is 2.60 bits per heavy atom. The SMILES string of the molecule is OCCn1cnc2ccc(Oc3ccc(F)cc3)cc21. The zero-order valence-corrected chi connectivity index (χ0v) is 10.7. The molecule has 0 fully saturated rings. The molecule has 4 nitrogen and oxygen atoms in total. The van der Waals surface area contributed by atoms with Gasteiger partial charge in [-0.1, -0.05) is 0 Å². The van der Waals surface area contributed by atoms with E-state index in [4.69, 9.17) is 9.84 Å². The monoisotopic (exact) mass is 272 g/mol. The van der Waals surface area contributed by atoms with E-state index >= 15 is 0 Å². The minimum atomic E-state index is -0.297. The molecule has 0 amide bonds. The van der Waals surface area contributed by atoms with Crippen LogP contribution in [0.2, 0.25) is 0 Å². The zero-order valence-electron chi connectivity index (χ0n) is 10.7. The van der Waals surface area contributed by atoms with Crippen molar-refractivity contribution in [2.24, 2.45) is 0 Å². The van der Waals surface area contributed by atoms with Crippen molar-refractivity contribution in [1.82, 2.24) is 9.55 Å². The molecule has 0 aliphatic heterocycles. The summed E-state index contributed by atoms with van der Waals surface area (Å²) in [5.74, 6) is 0.914. The van der Waals surface area contributed by atoms with Crippen LogP contribution in [-0.4, -0.2) is 21.3 Å². The third-order valence-electron chi connectivity index (χ3n) is 2.98. The highest BCUT2D eigenvalue weighted by Gasteiger charge is 2.05. The van der Waals surface area contributed by atoms with E-state index in [2.05, 4.69) is 4.98 Å². The smallest absolute Gasteiger partial charge is 0.129 e. The Morgan fingerprint density at radius 2 is 1.85 bits per heavy atom. The first-order chi connectivity index (χ1) is 9.76. The Kier molecular flexibility index (Phi) is 3.35. The lowest BCUT2D eigenvalue weighted by Gasteiger charge is -2.07. The number of benzene rings is 2. The van der Waals surface area contributed by atoms with Crippen molar-refractivity contribution in [2.75, 3.05) is 6.61 Å². The van der Waals surface area contributed by atoms with Crippen LogP contribution in [0.1, 0.15) is 0 Å². The molecule has 1 N–H and O–H groups in total. The van der Waals surface area contributed by atoms with Crippen molar-refractivity contribution < 1.29 is 14.2 Å². The average molecular weight is 272 g/mol. The quantitative estimate of drug-likeness (QED) is 0.794. The van der Waals surface area contributed by atoms with Gasteiger partial charge < -0.3 is 14.4 Å². The number of hydrogen-bond donors (Lipinski definition) is 1. The molecule has 2 aromatic carbocycles. The number of halogens is 1. The van der Waals surface area contributed by atoms with Crippen LogP contribution in [0.5, 0.6) is 11.5 Å². The van der Waals surface area contributed by atoms with Crippen molar-refractivity contribution in [3.8, 4) is 11.5 Å². The molecule has 0 unspecified atom stereocenters. The molecule has 0 aliphatic rings. The summed E-state index contributed by atoms with van der Waals surface area (Å²) < 4.78 is 20.4. The zero-order chi connectivity index (χ0) is 13.9. The molecule has 0 radical (unpaired) electrons. The molecule has 3 aromatic rings. The lowest BCUT2D eigenvalue weighted by molar-refractivity contribution is 0.278. The molecule has 1 aromatic heterocycles. The van der Waals surface area contributed by atoms with E-state index in [-0.39, 0.29) is 12.4 Å². The van der Waals surface area contributed by atoms with Gasteiger partial charge in [-0.3, -0.25) is 0 Å². The second kappa shape index (κ2) is 5.30. The largest absolute Gasteiger partial charge is 0.457 e. The third-order valence-corrected chi connectivity index (χ3v) is 2.98. The topological polar surface area (TPSA) is 47.3 Å². The van der Waals surface area contributed by atoms with Gasteiger partial charge in [-0.2, -0.15) is 0 Å². The van der Waals surface area contributed by atoms with Gasteiger partial charge in [0.05, 0.1) is 24.0 Å². The molecule has 0 bridgehead atoms. The summed E-state index contributed by atoms with van der Waals surface area (Å²) >= 11 is 0. The lowest BCUT2D eigenvalue weighted by Crippen LogP contribution is -1.99. The number of fused-ring (bicyclic) bond motifs is 1. The summed E-state index contributed by atoms with van der Waals surface area (Å²) in [6, 6.07) is 11.4. The number of rotatable bonds is 4. The van der Waals surface area contributed by atoms with Gasteiger partial charge in [-0.05, 0) is 36.4 Å². The molecular formula is C15H13FN2O2. The minimum Gasteiger partial charge on any atom is -0.457 e. The predicted molar refractivity (Wildman–Crippen MR) is 73.3 cm³/mol. The first-order valence-electron chi connectivity index (χ1n) is 6.25. The predicted octanol–water partition coefficient (Wildman–Crippen LogP) is 2.96. The van der Waals surface area contributed by atoms with Gasteiger partial charge in [0.1, 0.15) is 17.3 Å². The molecule has 1 heterocycles. The highest BCUT2D eigenvalue weighted by molar-refractivity contribution is 5.77. The van der Waals surface area contributed by atoms with E-state index in [0.29, 0.717) is 18.0 Å². The Morgan fingerprint density at radius 1 is 1.10 bits per heavy atom. The molecule has 0 spiro atoms. The van der Waals surface area contributed by atoms with E-state index in [1.54, 1.807) is 18.5 Å². The molecule has 0 saturated heterocycles. The summed E-state index contributed by atoms with van der Waals surface area (Å²) in [4.78, 5) is 4.24. The van der Waals surface area contributed by atoms with Gasteiger partial charge in [0.15, 0.2) is 0 Å². The van der Waals surface area contributed by atoms with Crippen molar-refractivity contribution in [3.63, 3.8) is 0 Å². The number of aliphatic hydroxyl groups excluding tert-OH is 1. The molecular weight excluding hydrogens is 259 g/mol. The summed E-state index contributed by atoms with van der Waals surface area (Å²) in [6.07, 6.45) is 1.68. The van der Waals surface area contributed by atoms with Crippen LogP contribution in [0.3, 0.4) is 0 Å². The molecule has 0 saturated carbocycles. The normalized spacial score (nSPS) is 10.9. The van der Waals surface area contributed by atoms with Gasteiger partial charge in [0.2, 0.25) is 0 Å². The Bertz CT molecular complexity index is 722. The number of aliphatic hydroxyl groups is 1. The minimum absolute atomic E-state index is 0.0501. The molecule has 5 heteroatoms. The maximum Gasteiger partial charge on any atom is 0.129 e. The highest BCUT2D eigenvalue weighted by Crippen LogP contribution is 2.25. The van der Waals surface area contributed by atoms with Gasteiger partial charge in [0.25, 0.3) is 0 Å². The van der Waals surface area contributed by atoms with E-state index in [0.717, 1.165) is 11.0 Å². The molecule has 0 atom stereocenters. The van der Waals surface area contributed by atoms with Gasteiger partial charge in [0, 0.05) is 12.6 Å². The number of ether oxygens (including phenoxy) is 1. The van der Waals surface area contributed by atoms with Crippen LogP contribution in [0.25, 0.3) is 11.0 Å². The fourth-order valence-corrected chi connectivity index (χ4v) is 2.02. The van der Waals surface area contributed by atoms with Crippen LogP contribution in [0.15, 0.2) is 48.8 Å². The fraction of sp³-hybridized carbons (Fsp3) is 0.133. The van der Waals surface area contributed by atoms with Crippen LogP contribution in [0, 0.1) is 5.82 Å². The lowest BCUT2D eigenvalue weighted by atomic mass is 10.3. The van der Waals surface area contributed by atoms with Crippen LogP contribution in [0.4, 0.5) is 4.39 Å². The fourth-order valence-electron chi connectivity index (χ4n) is 2.02. The average Bonchev–Trinajstić information content (AvgIpc) is 2.85. The van der Waals surface area contributed by atoms with E-state index < -0.39 is 0 Å². The van der Waals surface area contributed by atoms with Crippen molar-refractivity contribution in [2.45, 2.75) is 6.54 Å². The van der Waals surface area contributed by atoms with Gasteiger partial charge in [-0.15, -0.1) is 0 Å². The van der Waals surface area contributed by atoms with Crippen molar-refractivity contribution >= 4 is 11.0 Å². The van der Waals surface area contributed by atoms with E-state index in [9.17, 15) is 4.39 Å². The third kappa shape index (κ3) is 2.48. The van der Waals surface area contributed by atoms with Gasteiger partial charge in [-0.25, -0.2) is 9.37 Å². The first kappa shape index (κ1) is 12.6. The number of nitrogens with zero attached hydrogens (tertiary/aromatic N) is 2. The number of imidazole rings is 1. The standard InChI is InChI=1S/C15H13FN2O2/c16-11-1-3-12(4-2-11)20-13-5-6-14-15(9-13)18(7-8-19)10-17-14/h1-6,9-10,19H,7-8H2. The summed E-state index contributed by atoms with van der Waals surface area (Å²) in [6.45, 7) is 0.533. The summed E-state index contributed by atoms with van der Waals surface area (Å²) in [5, 5.41) is 9.01. The summed E-state index contributed by atoms with van der Waals surface area (Å²) in [7, 11) is 0. The van der Waals surface area contributed by atoms with E-state index in [1.807, 2.05) is 22.8 Å². The van der Waals surface area contributed by atoms with Crippen LogP contribution >= 0.6 is 0 Å². The van der Waals surface area contributed by atoms with Crippen molar-refractivity contribution in [3.05, 3.63) is 54.6 Å². The maximum atomic E-state index is 12.8. The Balaban J connectivity index is 1.91. The molecule has 3 rings (SSSR count). The number of hydrogen-bond acceptors (Lipinski definition) is 3. The van der Waals surface area contributed by atoms with Crippen molar-refractivity contribution in [1.29, 1.82) is 0 Å². The maximum absolute atomic E-state index is 12.8. The van der Waals surface area contributed by atoms with Gasteiger partial charge >= 0.3 is 0 Å². The van der Waals surface area contributed by atoms with Crippen LogP contribution in [-0.2, 0) is 6.54 Å². The second-order valence-corrected chi connectivity index (χ2v) is 4.37. The molecule has 20 heavy (non-hydrogen) atoms. The molecule has 102 valence electrons. The highest BCUT2D eigenvalue weighted by atomic mass is 19.1. The van der Waals surface area contributed by atoms with E-state index in [1.165, 1.54) is 12.1 Å². The summed E-state index contributed by atoms with van der Waals surface area (Å²) in [5.41, 5.74) is 1.73. The Labute approximate surface area is 115 Å².